The fourth-order valence-corrected chi connectivity index (χ4v) is 2.67. The topological polar surface area (TPSA) is 77.2 Å². The summed E-state index contributed by atoms with van der Waals surface area (Å²) in [5.74, 6) is 1.07. The maximum absolute atomic E-state index is 11.9. The molecule has 0 saturated carbocycles. The largest absolute Gasteiger partial charge is 0.491 e. The van der Waals surface area contributed by atoms with E-state index in [1.165, 1.54) is 16.9 Å². The number of hydrogen-bond acceptors (Lipinski definition) is 5. The Morgan fingerprint density at radius 1 is 1.41 bits per heavy atom. The van der Waals surface area contributed by atoms with Crippen LogP contribution >= 0.6 is 11.3 Å². The van der Waals surface area contributed by atoms with Gasteiger partial charge < -0.3 is 15.8 Å². The van der Waals surface area contributed by atoms with E-state index in [9.17, 15) is 4.79 Å². The molecule has 0 unspecified atom stereocenters. The predicted molar refractivity (Wildman–Crippen MR) is 88.4 cm³/mol. The van der Waals surface area contributed by atoms with Crippen LogP contribution in [0.3, 0.4) is 0 Å². The van der Waals surface area contributed by atoms with E-state index in [1.807, 2.05) is 18.2 Å². The van der Waals surface area contributed by atoms with Crippen molar-refractivity contribution in [3.8, 4) is 5.75 Å². The van der Waals surface area contributed by atoms with Crippen LogP contribution in [-0.2, 0) is 6.54 Å². The number of carbonyl (C=O) groups excluding carboxylic acids is 1. The number of nitrogens with two attached hydrogens (primary N) is 1. The number of amides is 1. The van der Waals surface area contributed by atoms with E-state index in [1.54, 1.807) is 5.38 Å². The number of thiazole rings is 1. The second-order valence-corrected chi connectivity index (χ2v) is 6.07. The second kappa shape index (κ2) is 7.91. The van der Waals surface area contributed by atoms with Crippen LogP contribution in [-0.4, -0.2) is 24.0 Å². The van der Waals surface area contributed by atoms with Gasteiger partial charge in [0.2, 0.25) is 0 Å². The van der Waals surface area contributed by atoms with E-state index < -0.39 is 0 Å². The van der Waals surface area contributed by atoms with E-state index in [-0.39, 0.29) is 5.91 Å². The van der Waals surface area contributed by atoms with Gasteiger partial charge in [0.15, 0.2) is 0 Å². The maximum atomic E-state index is 11.9. The van der Waals surface area contributed by atoms with Crippen molar-refractivity contribution in [3.63, 3.8) is 0 Å². The molecular weight excluding hydrogens is 298 g/mol. The highest BCUT2D eigenvalue weighted by molar-refractivity contribution is 7.09. The summed E-state index contributed by atoms with van der Waals surface area (Å²) in [6.07, 6.45) is 0. The quantitative estimate of drug-likeness (QED) is 0.769. The summed E-state index contributed by atoms with van der Waals surface area (Å²) in [5, 5.41) is 5.27. The molecule has 0 atom stereocenters. The summed E-state index contributed by atoms with van der Waals surface area (Å²) in [6, 6.07) is 7.96. The average molecular weight is 319 g/mol. The molecule has 22 heavy (non-hydrogen) atoms. The zero-order valence-corrected chi connectivity index (χ0v) is 13.7. The van der Waals surface area contributed by atoms with Crippen LogP contribution in [0.4, 0.5) is 0 Å². The molecule has 6 heteroatoms. The van der Waals surface area contributed by atoms with Crippen LogP contribution in [0.5, 0.6) is 5.75 Å². The lowest BCUT2D eigenvalue weighted by Crippen LogP contribution is -2.28. The van der Waals surface area contributed by atoms with Gasteiger partial charge in [-0.05, 0) is 17.5 Å². The van der Waals surface area contributed by atoms with Gasteiger partial charge in [0, 0.05) is 11.9 Å². The summed E-state index contributed by atoms with van der Waals surface area (Å²) >= 11 is 1.39. The fraction of sp³-hybridized carbons (Fsp3) is 0.375. The van der Waals surface area contributed by atoms with E-state index in [4.69, 9.17) is 10.5 Å². The minimum Gasteiger partial charge on any atom is -0.491 e. The maximum Gasteiger partial charge on any atom is 0.270 e. The molecule has 1 heterocycles. The first-order valence-corrected chi connectivity index (χ1v) is 8.14. The van der Waals surface area contributed by atoms with Crippen LogP contribution in [0.2, 0.25) is 0 Å². The second-order valence-electron chi connectivity index (χ2n) is 5.13. The Morgan fingerprint density at radius 3 is 2.86 bits per heavy atom. The van der Waals surface area contributed by atoms with Crippen molar-refractivity contribution in [2.75, 3.05) is 13.2 Å². The van der Waals surface area contributed by atoms with Gasteiger partial charge in [-0.25, -0.2) is 4.98 Å². The molecule has 0 bridgehead atoms. The van der Waals surface area contributed by atoms with Gasteiger partial charge in [-0.2, -0.15) is 0 Å². The minimum atomic E-state index is -0.198. The molecule has 0 saturated heterocycles. The molecule has 1 amide bonds. The van der Waals surface area contributed by atoms with E-state index in [2.05, 4.69) is 30.2 Å². The number of ether oxygens (including phenoxy) is 1. The first kappa shape index (κ1) is 16.5. The molecule has 0 aliphatic carbocycles. The van der Waals surface area contributed by atoms with Crippen molar-refractivity contribution >= 4 is 17.2 Å². The van der Waals surface area contributed by atoms with Crippen molar-refractivity contribution in [1.82, 2.24) is 10.3 Å². The molecule has 0 spiro atoms. The summed E-state index contributed by atoms with van der Waals surface area (Å²) < 4.78 is 5.76. The zero-order chi connectivity index (χ0) is 15.9. The molecule has 2 rings (SSSR count). The molecule has 3 N–H and O–H groups in total. The van der Waals surface area contributed by atoms with Gasteiger partial charge in [0.25, 0.3) is 5.91 Å². The van der Waals surface area contributed by atoms with E-state index in [0.29, 0.717) is 31.3 Å². The highest BCUT2D eigenvalue weighted by Crippen LogP contribution is 2.25. The Hall–Kier alpha value is -1.92. The molecule has 118 valence electrons. The van der Waals surface area contributed by atoms with Gasteiger partial charge in [-0.1, -0.05) is 32.0 Å². The molecule has 0 aliphatic heterocycles. The molecule has 1 aromatic heterocycles. The lowest BCUT2D eigenvalue weighted by molar-refractivity contribution is 0.0942. The van der Waals surface area contributed by atoms with Crippen molar-refractivity contribution in [1.29, 1.82) is 0 Å². The lowest BCUT2D eigenvalue weighted by atomic mass is 10.0. The van der Waals surface area contributed by atoms with Gasteiger partial charge in [-0.15, -0.1) is 11.3 Å². The third kappa shape index (κ3) is 4.29. The molecular formula is C16H21N3O2S. The van der Waals surface area contributed by atoms with Crippen LogP contribution in [0.1, 0.15) is 40.8 Å². The van der Waals surface area contributed by atoms with Crippen molar-refractivity contribution < 1.29 is 9.53 Å². The number of nitrogens with one attached hydrogen (secondary N) is 1. The molecule has 0 aliphatic rings. The normalized spacial score (nSPS) is 10.7. The third-order valence-electron chi connectivity index (χ3n) is 3.15. The van der Waals surface area contributed by atoms with E-state index in [0.717, 1.165) is 10.8 Å². The fourth-order valence-electron chi connectivity index (χ4n) is 2.01. The SMILES string of the molecule is CC(C)c1ccccc1OCCNC(=O)c1csc(CN)n1. The Kier molecular flexibility index (Phi) is 5.91. The number of aromatic nitrogens is 1. The van der Waals surface area contributed by atoms with Crippen LogP contribution < -0.4 is 15.8 Å². The first-order valence-electron chi connectivity index (χ1n) is 7.26. The molecule has 1 aromatic carbocycles. The molecule has 0 fully saturated rings. The smallest absolute Gasteiger partial charge is 0.270 e. The summed E-state index contributed by atoms with van der Waals surface area (Å²) in [5.41, 5.74) is 7.06. The van der Waals surface area contributed by atoms with Crippen LogP contribution in [0.15, 0.2) is 29.6 Å². The minimum absolute atomic E-state index is 0.198. The molecule has 0 radical (unpaired) electrons. The van der Waals surface area contributed by atoms with Crippen molar-refractivity contribution in [2.45, 2.75) is 26.3 Å². The number of hydrogen-bond donors (Lipinski definition) is 2. The lowest BCUT2D eigenvalue weighted by Gasteiger charge is -2.13. The number of rotatable bonds is 7. The van der Waals surface area contributed by atoms with Gasteiger partial charge >= 0.3 is 0 Å². The summed E-state index contributed by atoms with van der Waals surface area (Å²) in [6.45, 7) is 5.46. The standard InChI is InChI=1S/C16H21N3O2S/c1-11(2)12-5-3-4-6-14(12)21-8-7-18-16(20)13-10-22-15(9-17)19-13/h3-6,10-11H,7-9,17H2,1-2H3,(H,18,20). The Bertz CT molecular complexity index is 625. The number of carbonyl (C=O) groups is 1. The van der Waals surface area contributed by atoms with Crippen molar-refractivity contribution in [2.24, 2.45) is 5.73 Å². The van der Waals surface area contributed by atoms with Gasteiger partial charge in [0.1, 0.15) is 23.1 Å². The average Bonchev–Trinajstić information content (AvgIpc) is 3.00. The Balaban J connectivity index is 1.81. The summed E-state index contributed by atoms with van der Waals surface area (Å²) in [7, 11) is 0. The highest BCUT2D eigenvalue weighted by Gasteiger charge is 2.10. The summed E-state index contributed by atoms with van der Waals surface area (Å²) in [4.78, 5) is 16.0. The van der Waals surface area contributed by atoms with Crippen LogP contribution in [0, 0.1) is 0 Å². The Labute approximate surface area is 134 Å². The molecule has 5 nitrogen and oxygen atoms in total. The van der Waals surface area contributed by atoms with Gasteiger partial charge in [-0.3, -0.25) is 4.79 Å². The predicted octanol–water partition coefficient (Wildman–Crippen LogP) is 2.53. The highest BCUT2D eigenvalue weighted by atomic mass is 32.1. The van der Waals surface area contributed by atoms with Gasteiger partial charge in [0.05, 0.1) is 6.54 Å². The first-order chi connectivity index (χ1) is 10.6. The molecule has 2 aromatic rings. The number of nitrogens with zero attached hydrogens (tertiary/aromatic N) is 1. The van der Waals surface area contributed by atoms with Crippen molar-refractivity contribution in [3.05, 3.63) is 45.9 Å². The van der Waals surface area contributed by atoms with E-state index >= 15 is 0 Å². The monoisotopic (exact) mass is 319 g/mol. The number of para-hydroxylation sites is 1. The number of benzene rings is 1. The Morgan fingerprint density at radius 2 is 2.18 bits per heavy atom. The zero-order valence-electron chi connectivity index (χ0n) is 12.8. The van der Waals surface area contributed by atoms with Crippen LogP contribution in [0.25, 0.3) is 0 Å². The third-order valence-corrected chi connectivity index (χ3v) is 4.02.